The minimum absolute atomic E-state index is 0.103. The van der Waals surface area contributed by atoms with E-state index in [9.17, 15) is 9.59 Å². The third kappa shape index (κ3) is 4.84. The fourth-order valence-corrected chi connectivity index (χ4v) is 4.50. The molecule has 2 aromatic heterocycles. The van der Waals surface area contributed by atoms with Crippen molar-refractivity contribution in [3.05, 3.63) is 102 Å². The van der Waals surface area contributed by atoms with Crippen molar-refractivity contribution >= 4 is 39.9 Å². The number of aromatic nitrogens is 2. The van der Waals surface area contributed by atoms with Crippen LogP contribution in [-0.2, 0) is 16.1 Å². The van der Waals surface area contributed by atoms with E-state index in [2.05, 4.69) is 10.5 Å². The highest BCUT2D eigenvalue weighted by Crippen LogP contribution is 2.26. The van der Waals surface area contributed by atoms with E-state index in [1.54, 1.807) is 19.2 Å². The van der Waals surface area contributed by atoms with Crippen LogP contribution in [0.15, 0.2) is 90.0 Å². The van der Waals surface area contributed by atoms with Crippen molar-refractivity contribution in [3.63, 3.8) is 0 Å². The second kappa shape index (κ2) is 10.5. The Morgan fingerprint density at radius 3 is 2.46 bits per heavy atom. The first-order valence-corrected chi connectivity index (χ1v) is 12.1. The lowest BCUT2D eigenvalue weighted by Gasteiger charge is -2.09. The fourth-order valence-electron chi connectivity index (χ4n) is 4.50. The maximum Gasteiger partial charge on any atom is 0.325 e. The van der Waals surface area contributed by atoms with Crippen molar-refractivity contribution in [3.8, 4) is 11.3 Å². The van der Waals surface area contributed by atoms with Gasteiger partial charge in [-0.15, -0.1) is 0 Å². The van der Waals surface area contributed by atoms with E-state index >= 15 is 0 Å². The fraction of sp³-hybridized carbons (Fsp3) is 0.133. The Labute approximate surface area is 214 Å². The number of rotatable bonds is 7. The van der Waals surface area contributed by atoms with Gasteiger partial charge in [0.25, 0.3) is 5.91 Å². The van der Waals surface area contributed by atoms with Crippen LogP contribution < -0.4 is 5.43 Å². The number of hydrogen-bond donors (Lipinski definition) is 1. The first kappa shape index (κ1) is 23.9. The SMILES string of the molecule is CCOC(=O)Cn1c(C)c(/C=N\NC(=O)c2cc(-c3ccccc3)nc3ccccc23)c2ccccc21. The summed E-state index contributed by atoms with van der Waals surface area (Å²) in [7, 11) is 0. The summed E-state index contributed by atoms with van der Waals surface area (Å²) < 4.78 is 7.04. The molecule has 0 bridgehead atoms. The lowest BCUT2D eigenvalue weighted by molar-refractivity contribution is -0.143. The zero-order valence-corrected chi connectivity index (χ0v) is 20.6. The standard InChI is InChI=1S/C30H26N4O3/c1-3-37-29(35)19-34-20(2)25(23-14-8-10-16-28(23)34)18-31-33-30(36)24-17-27(21-11-5-4-6-12-21)32-26-15-9-7-13-22(24)26/h4-18H,3,19H2,1-2H3,(H,33,36)/b31-18-. The molecule has 0 fully saturated rings. The second-order valence-electron chi connectivity index (χ2n) is 8.54. The van der Waals surface area contributed by atoms with Crippen molar-refractivity contribution in [1.29, 1.82) is 0 Å². The summed E-state index contributed by atoms with van der Waals surface area (Å²) in [5.74, 6) is -0.637. The first-order chi connectivity index (χ1) is 18.1. The molecule has 0 saturated heterocycles. The van der Waals surface area contributed by atoms with Gasteiger partial charge in [0.05, 0.1) is 29.6 Å². The Morgan fingerprint density at radius 2 is 1.68 bits per heavy atom. The molecule has 7 nitrogen and oxygen atoms in total. The maximum atomic E-state index is 13.3. The van der Waals surface area contributed by atoms with Crippen LogP contribution >= 0.6 is 0 Å². The highest BCUT2D eigenvalue weighted by molar-refractivity contribution is 6.08. The van der Waals surface area contributed by atoms with Crippen molar-refractivity contribution in [2.24, 2.45) is 5.10 Å². The molecular formula is C30H26N4O3. The number of benzene rings is 3. The number of carbonyl (C=O) groups is 2. The number of carbonyl (C=O) groups excluding carboxylic acids is 2. The number of fused-ring (bicyclic) bond motifs is 2. The van der Waals surface area contributed by atoms with Crippen LogP contribution in [0.2, 0.25) is 0 Å². The predicted molar refractivity (Wildman–Crippen MR) is 146 cm³/mol. The van der Waals surface area contributed by atoms with Crippen LogP contribution in [0.4, 0.5) is 0 Å². The topological polar surface area (TPSA) is 85.6 Å². The zero-order valence-electron chi connectivity index (χ0n) is 20.6. The molecule has 7 heteroatoms. The van der Waals surface area contributed by atoms with E-state index in [1.165, 1.54) is 0 Å². The number of esters is 1. The summed E-state index contributed by atoms with van der Waals surface area (Å²) in [6.45, 7) is 4.14. The average Bonchev–Trinajstić information content (AvgIpc) is 3.19. The van der Waals surface area contributed by atoms with Gasteiger partial charge in [-0.3, -0.25) is 9.59 Å². The summed E-state index contributed by atoms with van der Waals surface area (Å²) in [5, 5.41) is 5.97. The lowest BCUT2D eigenvalue weighted by atomic mass is 10.0. The van der Waals surface area contributed by atoms with E-state index < -0.39 is 0 Å². The molecule has 0 aliphatic carbocycles. The first-order valence-electron chi connectivity index (χ1n) is 12.1. The lowest BCUT2D eigenvalue weighted by Crippen LogP contribution is -2.18. The molecule has 2 heterocycles. The molecule has 5 aromatic rings. The molecule has 0 aliphatic heterocycles. The molecule has 0 radical (unpaired) electrons. The zero-order chi connectivity index (χ0) is 25.8. The van der Waals surface area contributed by atoms with Crippen LogP contribution in [0, 0.1) is 6.92 Å². The van der Waals surface area contributed by atoms with E-state index in [0.29, 0.717) is 17.9 Å². The number of amides is 1. The van der Waals surface area contributed by atoms with Gasteiger partial charge in [-0.2, -0.15) is 5.10 Å². The molecule has 0 saturated carbocycles. The normalized spacial score (nSPS) is 11.3. The van der Waals surface area contributed by atoms with Gasteiger partial charge in [0.15, 0.2) is 0 Å². The third-order valence-corrected chi connectivity index (χ3v) is 6.26. The molecule has 0 aliphatic rings. The quantitative estimate of drug-likeness (QED) is 0.186. The molecule has 0 unspecified atom stereocenters. The Bertz CT molecular complexity index is 1640. The van der Waals surface area contributed by atoms with Crippen molar-refractivity contribution in [2.75, 3.05) is 6.61 Å². The Kier molecular flexibility index (Phi) is 6.76. The second-order valence-corrected chi connectivity index (χ2v) is 8.54. The minimum atomic E-state index is -0.333. The molecule has 184 valence electrons. The van der Waals surface area contributed by atoms with Gasteiger partial charge in [-0.1, -0.05) is 66.7 Å². The van der Waals surface area contributed by atoms with Gasteiger partial charge in [0, 0.05) is 33.1 Å². The molecular weight excluding hydrogens is 464 g/mol. The van der Waals surface area contributed by atoms with Gasteiger partial charge in [0.1, 0.15) is 6.54 Å². The molecule has 0 spiro atoms. The highest BCUT2D eigenvalue weighted by atomic mass is 16.5. The van der Waals surface area contributed by atoms with Gasteiger partial charge < -0.3 is 9.30 Å². The van der Waals surface area contributed by atoms with Crippen LogP contribution in [-0.4, -0.2) is 34.2 Å². The van der Waals surface area contributed by atoms with Crippen LogP contribution in [0.25, 0.3) is 33.1 Å². The number of hydrogen-bond acceptors (Lipinski definition) is 5. The number of nitrogens with zero attached hydrogens (tertiary/aromatic N) is 3. The average molecular weight is 491 g/mol. The maximum absolute atomic E-state index is 13.3. The summed E-state index contributed by atoms with van der Waals surface area (Å²) in [6.07, 6.45) is 1.62. The summed E-state index contributed by atoms with van der Waals surface area (Å²) in [6, 6.07) is 26.9. The third-order valence-electron chi connectivity index (χ3n) is 6.26. The number of nitrogens with one attached hydrogen (secondary N) is 1. The van der Waals surface area contributed by atoms with Crippen LogP contribution in [0.3, 0.4) is 0 Å². The Hall–Kier alpha value is -4.78. The van der Waals surface area contributed by atoms with Gasteiger partial charge >= 0.3 is 5.97 Å². The van der Waals surface area contributed by atoms with Crippen LogP contribution in [0.1, 0.15) is 28.5 Å². The Balaban J connectivity index is 1.46. The van der Waals surface area contributed by atoms with E-state index in [0.717, 1.165) is 38.6 Å². The Morgan fingerprint density at radius 1 is 0.973 bits per heavy atom. The molecule has 37 heavy (non-hydrogen) atoms. The summed E-state index contributed by atoms with van der Waals surface area (Å²) >= 11 is 0. The summed E-state index contributed by atoms with van der Waals surface area (Å²) in [4.78, 5) is 30.2. The van der Waals surface area contributed by atoms with Crippen molar-refractivity contribution in [2.45, 2.75) is 20.4 Å². The summed E-state index contributed by atoms with van der Waals surface area (Å²) in [5.41, 5.74) is 8.12. The van der Waals surface area contributed by atoms with Crippen molar-refractivity contribution in [1.82, 2.24) is 15.0 Å². The van der Waals surface area contributed by atoms with E-state index in [4.69, 9.17) is 9.72 Å². The van der Waals surface area contributed by atoms with E-state index in [-0.39, 0.29) is 18.4 Å². The molecule has 3 aromatic carbocycles. The number of para-hydroxylation sites is 2. The predicted octanol–water partition coefficient (Wildman–Crippen LogP) is 5.49. The molecule has 0 atom stereocenters. The largest absolute Gasteiger partial charge is 0.465 e. The number of pyridine rings is 1. The van der Waals surface area contributed by atoms with Crippen LogP contribution in [0.5, 0.6) is 0 Å². The molecule has 5 rings (SSSR count). The highest BCUT2D eigenvalue weighted by Gasteiger charge is 2.16. The molecule has 1 amide bonds. The molecule has 1 N–H and O–H groups in total. The van der Waals surface area contributed by atoms with Gasteiger partial charge in [-0.05, 0) is 32.0 Å². The van der Waals surface area contributed by atoms with E-state index in [1.807, 2.05) is 90.4 Å². The van der Waals surface area contributed by atoms with Crippen molar-refractivity contribution < 1.29 is 14.3 Å². The minimum Gasteiger partial charge on any atom is -0.465 e. The monoisotopic (exact) mass is 490 g/mol. The van der Waals surface area contributed by atoms with Gasteiger partial charge in [0.2, 0.25) is 0 Å². The number of ether oxygens (including phenoxy) is 1. The number of hydrazone groups is 1. The smallest absolute Gasteiger partial charge is 0.325 e. The van der Waals surface area contributed by atoms with Gasteiger partial charge in [-0.25, -0.2) is 10.4 Å².